The van der Waals surface area contributed by atoms with Gasteiger partial charge in [-0.1, -0.05) is 30.7 Å². The summed E-state index contributed by atoms with van der Waals surface area (Å²) in [5.41, 5.74) is 2.72. The molecule has 0 aromatic heterocycles. The van der Waals surface area contributed by atoms with Gasteiger partial charge < -0.3 is 10.0 Å². The van der Waals surface area contributed by atoms with Gasteiger partial charge in [0.15, 0.2) is 0 Å². The molecule has 106 valence electrons. The maximum atomic E-state index is 10.9. The molecule has 1 aromatic rings. The lowest BCUT2D eigenvalue weighted by molar-refractivity contribution is 0.00606. The molecular formula is C17H27NO. The van der Waals surface area contributed by atoms with Crippen molar-refractivity contribution in [3.63, 3.8) is 0 Å². The summed E-state index contributed by atoms with van der Waals surface area (Å²) in [7, 11) is 0. The van der Waals surface area contributed by atoms with Crippen molar-refractivity contribution >= 4 is 0 Å². The van der Waals surface area contributed by atoms with Gasteiger partial charge >= 0.3 is 0 Å². The zero-order valence-corrected chi connectivity index (χ0v) is 12.7. The Kier molecular flexibility index (Phi) is 4.32. The van der Waals surface area contributed by atoms with Crippen LogP contribution >= 0.6 is 0 Å². The topological polar surface area (TPSA) is 23.5 Å². The average molecular weight is 261 g/mol. The highest BCUT2D eigenvalue weighted by molar-refractivity contribution is 5.34. The molecule has 1 atom stereocenters. The van der Waals surface area contributed by atoms with Crippen LogP contribution in [0.1, 0.15) is 43.4 Å². The van der Waals surface area contributed by atoms with Crippen LogP contribution in [-0.4, -0.2) is 29.6 Å². The third kappa shape index (κ3) is 3.58. The first-order valence-electron chi connectivity index (χ1n) is 7.41. The van der Waals surface area contributed by atoms with Gasteiger partial charge in [-0.3, -0.25) is 0 Å². The monoisotopic (exact) mass is 261 g/mol. The summed E-state index contributed by atoms with van der Waals surface area (Å²) < 4.78 is 0. The molecule has 2 heteroatoms. The van der Waals surface area contributed by atoms with E-state index >= 15 is 0 Å². The molecule has 0 saturated carbocycles. The number of benzene rings is 1. The van der Waals surface area contributed by atoms with Crippen LogP contribution in [0.15, 0.2) is 18.2 Å². The maximum absolute atomic E-state index is 10.9. The van der Waals surface area contributed by atoms with Crippen LogP contribution in [0.5, 0.6) is 0 Å². The molecule has 2 nitrogen and oxygen atoms in total. The second-order valence-electron chi connectivity index (χ2n) is 6.55. The van der Waals surface area contributed by atoms with Gasteiger partial charge in [0, 0.05) is 6.54 Å². The van der Waals surface area contributed by atoms with E-state index in [1.54, 1.807) is 0 Å². The SMILES string of the molecule is Cc1ccc(C)c(C(C)(O)CN2CCC(C)CC2)c1. The van der Waals surface area contributed by atoms with Gasteiger partial charge in [0.25, 0.3) is 0 Å². The van der Waals surface area contributed by atoms with E-state index in [9.17, 15) is 5.11 Å². The van der Waals surface area contributed by atoms with Crippen LogP contribution in [0.3, 0.4) is 0 Å². The summed E-state index contributed by atoms with van der Waals surface area (Å²) in [4.78, 5) is 2.40. The zero-order valence-electron chi connectivity index (χ0n) is 12.7. The van der Waals surface area contributed by atoms with E-state index in [0.717, 1.165) is 31.1 Å². The predicted octanol–water partition coefficient (Wildman–Crippen LogP) is 3.24. The van der Waals surface area contributed by atoms with Gasteiger partial charge in [0.1, 0.15) is 0 Å². The standard InChI is InChI=1S/C17H27NO/c1-13-7-9-18(10-8-13)12-17(4,19)16-11-14(2)5-6-15(16)3/h5-6,11,13,19H,7-10,12H2,1-4H3. The van der Waals surface area contributed by atoms with Crippen LogP contribution in [0, 0.1) is 19.8 Å². The van der Waals surface area contributed by atoms with Gasteiger partial charge in [-0.2, -0.15) is 0 Å². The summed E-state index contributed by atoms with van der Waals surface area (Å²) in [5.74, 6) is 0.835. The maximum Gasteiger partial charge on any atom is 0.0997 e. The van der Waals surface area contributed by atoms with Crippen molar-refractivity contribution in [3.05, 3.63) is 34.9 Å². The van der Waals surface area contributed by atoms with Crippen LogP contribution in [0.25, 0.3) is 0 Å². The van der Waals surface area contributed by atoms with E-state index in [2.05, 4.69) is 43.9 Å². The molecule has 1 unspecified atom stereocenters. The molecule has 0 amide bonds. The minimum absolute atomic E-state index is 0.740. The lowest BCUT2D eigenvalue weighted by atomic mass is 9.89. The lowest BCUT2D eigenvalue weighted by Gasteiger charge is -2.36. The first-order valence-corrected chi connectivity index (χ1v) is 7.41. The van der Waals surface area contributed by atoms with Crippen molar-refractivity contribution in [2.24, 2.45) is 5.92 Å². The number of aliphatic hydroxyl groups is 1. The van der Waals surface area contributed by atoms with Gasteiger partial charge in [0.05, 0.1) is 5.60 Å². The van der Waals surface area contributed by atoms with Crippen molar-refractivity contribution in [2.75, 3.05) is 19.6 Å². The van der Waals surface area contributed by atoms with Crippen molar-refractivity contribution in [1.82, 2.24) is 4.90 Å². The van der Waals surface area contributed by atoms with Gasteiger partial charge in [-0.15, -0.1) is 0 Å². The molecule has 1 heterocycles. The van der Waals surface area contributed by atoms with E-state index < -0.39 is 5.60 Å². The fourth-order valence-electron chi connectivity index (χ4n) is 3.06. The molecule has 19 heavy (non-hydrogen) atoms. The number of rotatable bonds is 3. The molecule has 0 spiro atoms. The van der Waals surface area contributed by atoms with Crippen LogP contribution < -0.4 is 0 Å². The van der Waals surface area contributed by atoms with E-state index in [0.29, 0.717) is 0 Å². The van der Waals surface area contributed by atoms with E-state index in [1.165, 1.54) is 24.0 Å². The number of β-amino-alcohol motifs (C(OH)–C–C–N with tert-alkyl or cyclic N) is 1. The van der Waals surface area contributed by atoms with Crippen molar-refractivity contribution in [1.29, 1.82) is 0 Å². The third-order valence-corrected chi connectivity index (χ3v) is 4.38. The first-order chi connectivity index (χ1) is 8.88. The Morgan fingerprint density at radius 1 is 1.26 bits per heavy atom. The van der Waals surface area contributed by atoms with Crippen molar-refractivity contribution in [3.8, 4) is 0 Å². The number of piperidine rings is 1. The summed E-state index contributed by atoms with van der Waals surface area (Å²) in [6.07, 6.45) is 2.51. The van der Waals surface area contributed by atoms with Crippen molar-refractivity contribution in [2.45, 2.75) is 46.1 Å². The fraction of sp³-hybridized carbons (Fsp3) is 0.647. The quantitative estimate of drug-likeness (QED) is 0.903. The Hall–Kier alpha value is -0.860. The van der Waals surface area contributed by atoms with Crippen LogP contribution in [-0.2, 0) is 5.60 Å². The molecule has 1 aromatic carbocycles. The van der Waals surface area contributed by atoms with E-state index in [-0.39, 0.29) is 0 Å². The number of hydrogen-bond donors (Lipinski definition) is 1. The Morgan fingerprint density at radius 3 is 2.53 bits per heavy atom. The average Bonchev–Trinajstić information content (AvgIpc) is 2.35. The first kappa shape index (κ1) is 14.5. The largest absolute Gasteiger partial charge is 0.384 e. The molecule has 1 saturated heterocycles. The van der Waals surface area contributed by atoms with Crippen LogP contribution in [0.4, 0.5) is 0 Å². The molecule has 0 radical (unpaired) electrons. The minimum Gasteiger partial charge on any atom is -0.384 e. The Bertz CT molecular complexity index is 431. The van der Waals surface area contributed by atoms with E-state index in [1.807, 2.05) is 6.92 Å². The van der Waals surface area contributed by atoms with Gasteiger partial charge in [-0.25, -0.2) is 0 Å². The molecular weight excluding hydrogens is 234 g/mol. The predicted molar refractivity (Wildman–Crippen MR) is 80.3 cm³/mol. The second kappa shape index (κ2) is 5.64. The normalized spacial score (nSPS) is 21.3. The highest BCUT2D eigenvalue weighted by Crippen LogP contribution is 2.28. The number of hydrogen-bond acceptors (Lipinski definition) is 2. The highest BCUT2D eigenvalue weighted by Gasteiger charge is 2.29. The Labute approximate surface area is 117 Å². The number of aryl methyl sites for hydroxylation is 2. The van der Waals surface area contributed by atoms with Crippen LogP contribution in [0.2, 0.25) is 0 Å². The molecule has 0 bridgehead atoms. The number of nitrogens with zero attached hydrogens (tertiary/aromatic N) is 1. The van der Waals surface area contributed by atoms with E-state index in [4.69, 9.17) is 0 Å². The van der Waals surface area contributed by atoms with Gasteiger partial charge in [0.2, 0.25) is 0 Å². The Morgan fingerprint density at radius 2 is 1.89 bits per heavy atom. The van der Waals surface area contributed by atoms with Gasteiger partial charge in [-0.05, 0) is 63.7 Å². The molecule has 1 aliphatic rings. The summed E-state index contributed by atoms with van der Waals surface area (Å²) in [6.45, 7) is 11.4. The lowest BCUT2D eigenvalue weighted by Crippen LogP contribution is -2.43. The fourth-order valence-corrected chi connectivity index (χ4v) is 3.06. The third-order valence-electron chi connectivity index (χ3n) is 4.38. The highest BCUT2D eigenvalue weighted by atomic mass is 16.3. The Balaban J connectivity index is 2.11. The molecule has 2 rings (SSSR count). The summed E-state index contributed by atoms with van der Waals surface area (Å²) in [5, 5.41) is 10.9. The molecule has 1 fully saturated rings. The van der Waals surface area contributed by atoms with Crippen molar-refractivity contribution < 1.29 is 5.11 Å². The summed E-state index contributed by atoms with van der Waals surface area (Å²) in [6, 6.07) is 6.34. The minimum atomic E-state index is -0.753. The zero-order chi connectivity index (χ0) is 14.0. The molecule has 1 N–H and O–H groups in total. The summed E-state index contributed by atoms with van der Waals surface area (Å²) >= 11 is 0. The second-order valence-corrected chi connectivity index (χ2v) is 6.55. The molecule has 0 aliphatic carbocycles. The smallest absolute Gasteiger partial charge is 0.0997 e. The number of likely N-dealkylation sites (tertiary alicyclic amines) is 1. The molecule has 1 aliphatic heterocycles.